The van der Waals surface area contributed by atoms with Crippen LogP contribution in [0.1, 0.15) is 34.0 Å². The molecule has 0 bridgehead atoms. The van der Waals surface area contributed by atoms with Crippen molar-refractivity contribution in [2.75, 3.05) is 6.54 Å². The van der Waals surface area contributed by atoms with Crippen LogP contribution in [0.15, 0.2) is 16.5 Å². The third kappa shape index (κ3) is 2.76. The summed E-state index contributed by atoms with van der Waals surface area (Å²) >= 11 is 0. The van der Waals surface area contributed by atoms with Gasteiger partial charge < -0.3 is 10.2 Å². The minimum atomic E-state index is 0.532. The summed E-state index contributed by atoms with van der Waals surface area (Å²) in [7, 11) is 0. The third-order valence-corrected chi connectivity index (χ3v) is 3.04. The molecule has 0 saturated carbocycles. The predicted octanol–water partition coefficient (Wildman–Crippen LogP) is 2.09. The monoisotopic (exact) mass is 245 g/mol. The molecular weight excluding hydrogens is 226 g/mol. The van der Waals surface area contributed by atoms with E-state index in [4.69, 9.17) is 10.2 Å². The number of aryl methyl sites for hydroxylation is 3. The van der Waals surface area contributed by atoms with E-state index < -0.39 is 0 Å². The van der Waals surface area contributed by atoms with Crippen LogP contribution in [-0.2, 0) is 12.8 Å². The Balaban J connectivity index is 2.22. The second-order valence-electron chi connectivity index (χ2n) is 4.68. The van der Waals surface area contributed by atoms with Crippen molar-refractivity contribution >= 4 is 0 Å². The molecule has 0 aliphatic rings. The first-order valence-corrected chi connectivity index (χ1v) is 6.18. The molecule has 0 radical (unpaired) electrons. The molecule has 4 nitrogen and oxygen atoms in total. The van der Waals surface area contributed by atoms with E-state index in [-0.39, 0.29) is 0 Å². The van der Waals surface area contributed by atoms with E-state index in [1.807, 2.05) is 0 Å². The highest BCUT2D eigenvalue weighted by atomic mass is 16.4. The SMILES string of the molecule is Cc1cc(C)c(Cc2nnc(CCN)o2)c(C)c1. The molecule has 18 heavy (non-hydrogen) atoms. The average molecular weight is 245 g/mol. The maximum Gasteiger partial charge on any atom is 0.220 e. The standard InChI is InChI=1S/C14H19N3O/c1-9-6-10(2)12(11(3)7-9)8-14-17-16-13(18-14)4-5-15/h6-7H,4-5,8,15H2,1-3H3. The van der Waals surface area contributed by atoms with Crippen LogP contribution in [0, 0.1) is 20.8 Å². The van der Waals surface area contributed by atoms with E-state index in [1.165, 1.54) is 22.3 Å². The number of hydrogen-bond acceptors (Lipinski definition) is 4. The molecule has 0 amide bonds. The molecule has 2 N–H and O–H groups in total. The molecule has 0 saturated heterocycles. The van der Waals surface area contributed by atoms with Gasteiger partial charge in [-0.25, -0.2) is 0 Å². The van der Waals surface area contributed by atoms with Crippen molar-refractivity contribution in [1.29, 1.82) is 0 Å². The topological polar surface area (TPSA) is 64.9 Å². The molecule has 0 aliphatic carbocycles. The van der Waals surface area contributed by atoms with E-state index in [9.17, 15) is 0 Å². The zero-order chi connectivity index (χ0) is 13.1. The highest BCUT2D eigenvalue weighted by Gasteiger charge is 2.10. The summed E-state index contributed by atoms with van der Waals surface area (Å²) in [6, 6.07) is 4.36. The van der Waals surface area contributed by atoms with E-state index >= 15 is 0 Å². The molecule has 4 heteroatoms. The van der Waals surface area contributed by atoms with Crippen molar-refractivity contribution in [3.63, 3.8) is 0 Å². The highest BCUT2D eigenvalue weighted by molar-refractivity contribution is 5.38. The van der Waals surface area contributed by atoms with Crippen LogP contribution in [0.3, 0.4) is 0 Å². The zero-order valence-electron chi connectivity index (χ0n) is 11.2. The van der Waals surface area contributed by atoms with Crippen LogP contribution < -0.4 is 5.73 Å². The molecule has 0 fully saturated rings. The Hall–Kier alpha value is -1.68. The largest absolute Gasteiger partial charge is 0.425 e. The maximum absolute atomic E-state index is 5.57. The maximum atomic E-state index is 5.57. The van der Waals surface area contributed by atoms with Gasteiger partial charge >= 0.3 is 0 Å². The minimum Gasteiger partial charge on any atom is -0.425 e. The average Bonchev–Trinajstić information content (AvgIpc) is 2.72. The fourth-order valence-corrected chi connectivity index (χ4v) is 2.22. The van der Waals surface area contributed by atoms with Gasteiger partial charge in [-0.05, 0) is 37.5 Å². The van der Waals surface area contributed by atoms with Gasteiger partial charge in [0.15, 0.2) is 0 Å². The Labute approximate surface area is 107 Å². The summed E-state index contributed by atoms with van der Waals surface area (Å²) in [4.78, 5) is 0. The molecule has 0 unspecified atom stereocenters. The molecule has 1 aromatic heterocycles. The van der Waals surface area contributed by atoms with Crippen molar-refractivity contribution in [3.05, 3.63) is 46.2 Å². The van der Waals surface area contributed by atoms with E-state index in [0.29, 0.717) is 31.2 Å². The van der Waals surface area contributed by atoms with E-state index in [2.05, 4.69) is 43.1 Å². The summed E-state index contributed by atoms with van der Waals surface area (Å²) in [5, 5.41) is 8.04. The van der Waals surface area contributed by atoms with Crippen molar-refractivity contribution < 1.29 is 4.42 Å². The van der Waals surface area contributed by atoms with Gasteiger partial charge in [0.2, 0.25) is 11.8 Å². The second-order valence-corrected chi connectivity index (χ2v) is 4.68. The number of rotatable bonds is 4. The fraction of sp³-hybridized carbons (Fsp3) is 0.429. The van der Waals surface area contributed by atoms with Crippen LogP contribution in [0.2, 0.25) is 0 Å². The zero-order valence-corrected chi connectivity index (χ0v) is 11.2. The van der Waals surface area contributed by atoms with E-state index in [1.54, 1.807) is 0 Å². The molecule has 0 aliphatic heterocycles. The summed E-state index contributed by atoms with van der Waals surface area (Å²) in [6.07, 6.45) is 1.33. The highest BCUT2D eigenvalue weighted by Crippen LogP contribution is 2.19. The number of benzene rings is 1. The van der Waals surface area contributed by atoms with Crippen molar-refractivity contribution in [1.82, 2.24) is 10.2 Å². The lowest BCUT2D eigenvalue weighted by molar-refractivity contribution is 0.458. The van der Waals surface area contributed by atoms with E-state index in [0.717, 1.165) is 0 Å². The molecule has 1 aromatic carbocycles. The Morgan fingerprint density at radius 1 is 1.06 bits per heavy atom. The Morgan fingerprint density at radius 3 is 2.28 bits per heavy atom. The van der Waals surface area contributed by atoms with Crippen LogP contribution >= 0.6 is 0 Å². The van der Waals surface area contributed by atoms with Gasteiger partial charge in [0.1, 0.15) is 0 Å². The first-order chi connectivity index (χ1) is 8.60. The summed E-state index contributed by atoms with van der Waals surface area (Å²) < 4.78 is 5.57. The third-order valence-electron chi connectivity index (χ3n) is 3.04. The lowest BCUT2D eigenvalue weighted by atomic mass is 9.97. The molecule has 2 rings (SSSR count). The predicted molar refractivity (Wildman–Crippen MR) is 70.5 cm³/mol. The van der Waals surface area contributed by atoms with Gasteiger partial charge in [-0.1, -0.05) is 17.7 Å². The van der Waals surface area contributed by atoms with Gasteiger partial charge in [-0.3, -0.25) is 0 Å². The van der Waals surface area contributed by atoms with Gasteiger partial charge in [0.05, 0.1) is 6.42 Å². The van der Waals surface area contributed by atoms with Gasteiger partial charge in [-0.15, -0.1) is 10.2 Å². The normalized spacial score (nSPS) is 10.9. The van der Waals surface area contributed by atoms with Crippen LogP contribution in [0.5, 0.6) is 0 Å². The summed E-state index contributed by atoms with van der Waals surface area (Å²) in [5.41, 5.74) is 10.5. The summed E-state index contributed by atoms with van der Waals surface area (Å²) in [5.74, 6) is 1.28. The second kappa shape index (κ2) is 5.31. The molecule has 1 heterocycles. The van der Waals surface area contributed by atoms with Crippen molar-refractivity contribution in [2.45, 2.75) is 33.6 Å². The van der Waals surface area contributed by atoms with Gasteiger partial charge in [-0.2, -0.15) is 0 Å². The quantitative estimate of drug-likeness (QED) is 0.895. The number of aromatic nitrogens is 2. The van der Waals surface area contributed by atoms with Gasteiger partial charge in [0, 0.05) is 13.0 Å². The summed E-state index contributed by atoms with van der Waals surface area (Å²) in [6.45, 7) is 6.87. The molecule has 2 aromatic rings. The fourth-order valence-electron chi connectivity index (χ4n) is 2.22. The molecule has 0 atom stereocenters. The molecular formula is C14H19N3O. The number of nitrogens with zero attached hydrogens (tertiary/aromatic N) is 2. The lowest BCUT2D eigenvalue weighted by Crippen LogP contribution is -2.02. The Kier molecular flexibility index (Phi) is 3.77. The van der Waals surface area contributed by atoms with Gasteiger partial charge in [0.25, 0.3) is 0 Å². The van der Waals surface area contributed by atoms with Crippen LogP contribution in [0.25, 0.3) is 0 Å². The smallest absolute Gasteiger partial charge is 0.220 e. The first-order valence-electron chi connectivity index (χ1n) is 6.18. The number of hydrogen-bond donors (Lipinski definition) is 1. The van der Waals surface area contributed by atoms with Crippen LogP contribution in [-0.4, -0.2) is 16.7 Å². The van der Waals surface area contributed by atoms with Crippen molar-refractivity contribution in [2.24, 2.45) is 5.73 Å². The number of nitrogens with two attached hydrogens (primary N) is 1. The Morgan fingerprint density at radius 2 is 1.67 bits per heavy atom. The van der Waals surface area contributed by atoms with Crippen molar-refractivity contribution in [3.8, 4) is 0 Å². The molecule has 0 spiro atoms. The van der Waals surface area contributed by atoms with Crippen LogP contribution in [0.4, 0.5) is 0 Å². The molecule has 96 valence electrons. The first kappa shape index (κ1) is 12.8. The Bertz CT molecular complexity index is 523. The lowest BCUT2D eigenvalue weighted by Gasteiger charge is -2.09. The minimum absolute atomic E-state index is 0.532.